The summed E-state index contributed by atoms with van der Waals surface area (Å²) in [4.78, 5) is 0. The van der Waals surface area contributed by atoms with Gasteiger partial charge in [0.15, 0.2) is 0 Å². The minimum absolute atomic E-state index is 0.0560. The first-order valence-electron chi connectivity index (χ1n) is 3.67. The van der Waals surface area contributed by atoms with Gasteiger partial charge in [0, 0.05) is 21.3 Å². The fraction of sp³-hybridized carbons (Fsp3) is 0.111. The molecule has 1 aromatic carbocycles. The molecule has 0 aliphatic carbocycles. The van der Waals surface area contributed by atoms with E-state index < -0.39 is 0 Å². The highest BCUT2D eigenvalue weighted by Gasteiger charge is 2.08. The van der Waals surface area contributed by atoms with Crippen molar-refractivity contribution in [1.82, 2.24) is 0 Å². The highest BCUT2D eigenvalue weighted by atomic mass is 35.5. The lowest BCUT2D eigenvalue weighted by molar-refractivity contribution is 0.475. The number of fused-ring (bicyclic) bond motifs is 1. The van der Waals surface area contributed by atoms with E-state index >= 15 is 0 Å². The van der Waals surface area contributed by atoms with Gasteiger partial charge >= 0.3 is 0 Å². The Morgan fingerprint density at radius 3 is 2.92 bits per heavy atom. The fourth-order valence-corrected chi connectivity index (χ4v) is 2.47. The van der Waals surface area contributed by atoms with Gasteiger partial charge in [-0.05, 0) is 17.7 Å². The number of aromatic hydroxyl groups is 1. The maximum Gasteiger partial charge on any atom is 0.141 e. The van der Waals surface area contributed by atoms with Gasteiger partial charge in [-0.25, -0.2) is 4.39 Å². The minimum Gasteiger partial charge on any atom is -0.508 e. The fourth-order valence-electron chi connectivity index (χ4n) is 1.26. The Bertz CT molecular complexity index is 452. The average molecular weight is 217 g/mol. The third kappa shape index (κ3) is 1.38. The lowest BCUT2D eigenvalue weighted by Gasteiger charge is -1.99. The van der Waals surface area contributed by atoms with Crippen molar-refractivity contribution in [3.63, 3.8) is 0 Å². The summed E-state index contributed by atoms with van der Waals surface area (Å²) in [6.07, 6.45) is 0. The first-order chi connectivity index (χ1) is 6.22. The Morgan fingerprint density at radius 1 is 1.46 bits per heavy atom. The second-order valence-electron chi connectivity index (χ2n) is 2.70. The normalized spacial score (nSPS) is 10.9. The highest BCUT2D eigenvalue weighted by Crippen LogP contribution is 2.32. The van der Waals surface area contributed by atoms with E-state index in [0.29, 0.717) is 5.39 Å². The molecule has 4 heteroatoms. The largest absolute Gasteiger partial charge is 0.508 e. The Morgan fingerprint density at radius 2 is 2.23 bits per heavy atom. The number of halogens is 2. The number of rotatable bonds is 1. The molecule has 68 valence electrons. The number of alkyl halides is 1. The van der Waals surface area contributed by atoms with Crippen molar-refractivity contribution in [2.45, 2.75) is 5.88 Å². The van der Waals surface area contributed by atoms with Crippen molar-refractivity contribution in [3.05, 3.63) is 28.9 Å². The van der Waals surface area contributed by atoms with Crippen LogP contribution in [-0.4, -0.2) is 5.11 Å². The molecule has 1 nitrogen and oxygen atoms in total. The van der Waals surface area contributed by atoms with Crippen LogP contribution in [0.25, 0.3) is 10.1 Å². The SMILES string of the molecule is Oc1cc(CCl)c2scc(F)c2c1. The molecule has 2 aromatic rings. The molecule has 13 heavy (non-hydrogen) atoms. The lowest BCUT2D eigenvalue weighted by atomic mass is 10.2. The van der Waals surface area contributed by atoms with Crippen LogP contribution in [0.15, 0.2) is 17.5 Å². The molecule has 1 N–H and O–H groups in total. The predicted molar refractivity (Wildman–Crippen MR) is 53.0 cm³/mol. The lowest BCUT2D eigenvalue weighted by Crippen LogP contribution is -1.78. The second kappa shape index (κ2) is 3.16. The van der Waals surface area contributed by atoms with Crippen molar-refractivity contribution in [2.75, 3.05) is 0 Å². The van der Waals surface area contributed by atoms with Gasteiger partial charge in [-0.15, -0.1) is 22.9 Å². The van der Waals surface area contributed by atoms with Gasteiger partial charge < -0.3 is 5.11 Å². The zero-order chi connectivity index (χ0) is 9.42. The number of hydrogen-bond acceptors (Lipinski definition) is 2. The molecule has 0 saturated heterocycles. The molecule has 0 radical (unpaired) electrons. The quantitative estimate of drug-likeness (QED) is 0.724. The van der Waals surface area contributed by atoms with Crippen LogP contribution in [0.1, 0.15) is 5.56 Å². The Hall–Kier alpha value is -0.800. The van der Waals surface area contributed by atoms with Crippen LogP contribution in [0.4, 0.5) is 4.39 Å². The van der Waals surface area contributed by atoms with Gasteiger partial charge in [0.25, 0.3) is 0 Å². The molecule has 0 amide bonds. The van der Waals surface area contributed by atoms with Gasteiger partial charge in [0.05, 0.1) is 0 Å². The number of thiophene rings is 1. The molecule has 2 rings (SSSR count). The molecular formula is C9H6ClFOS. The molecule has 0 atom stereocenters. The summed E-state index contributed by atoms with van der Waals surface area (Å²) in [6, 6.07) is 2.97. The van der Waals surface area contributed by atoms with E-state index in [1.54, 1.807) is 6.07 Å². The molecule has 0 aliphatic rings. The van der Waals surface area contributed by atoms with Crippen LogP contribution < -0.4 is 0 Å². The molecule has 0 unspecified atom stereocenters. The predicted octanol–water partition coefficient (Wildman–Crippen LogP) is 3.48. The molecule has 0 spiro atoms. The number of hydrogen-bond donors (Lipinski definition) is 1. The van der Waals surface area contributed by atoms with Crippen molar-refractivity contribution >= 4 is 33.0 Å². The number of phenolic OH excluding ortho intramolecular Hbond substituents is 1. The van der Waals surface area contributed by atoms with Gasteiger partial charge in [-0.2, -0.15) is 0 Å². The summed E-state index contributed by atoms with van der Waals surface area (Å²) in [5, 5.41) is 11.1. The standard InChI is InChI=1S/C9H6ClFOS/c10-3-5-1-6(12)2-7-8(11)4-13-9(5)7/h1-2,4,12H,3H2. The minimum atomic E-state index is -0.303. The summed E-state index contributed by atoms with van der Waals surface area (Å²) in [5.41, 5.74) is 0.769. The summed E-state index contributed by atoms with van der Waals surface area (Å²) in [6.45, 7) is 0. The summed E-state index contributed by atoms with van der Waals surface area (Å²) in [5.74, 6) is 0.0351. The molecule has 0 bridgehead atoms. The molecule has 0 aliphatic heterocycles. The van der Waals surface area contributed by atoms with Crippen LogP contribution in [-0.2, 0) is 5.88 Å². The van der Waals surface area contributed by atoms with E-state index in [2.05, 4.69) is 0 Å². The van der Waals surface area contributed by atoms with Crippen molar-refractivity contribution in [3.8, 4) is 5.75 Å². The number of benzene rings is 1. The monoisotopic (exact) mass is 216 g/mol. The van der Waals surface area contributed by atoms with E-state index in [1.165, 1.54) is 22.8 Å². The Labute approximate surface area is 83.4 Å². The first-order valence-corrected chi connectivity index (χ1v) is 5.08. The summed E-state index contributed by atoms with van der Waals surface area (Å²) < 4.78 is 13.9. The van der Waals surface area contributed by atoms with Crippen LogP contribution >= 0.6 is 22.9 Å². The van der Waals surface area contributed by atoms with E-state index in [4.69, 9.17) is 11.6 Å². The van der Waals surface area contributed by atoms with Gasteiger partial charge in [0.1, 0.15) is 11.6 Å². The average Bonchev–Trinajstić information content (AvgIpc) is 2.47. The topological polar surface area (TPSA) is 20.2 Å². The van der Waals surface area contributed by atoms with Crippen LogP contribution in [0.5, 0.6) is 5.75 Å². The zero-order valence-electron chi connectivity index (χ0n) is 6.55. The van der Waals surface area contributed by atoms with Crippen LogP contribution in [0.2, 0.25) is 0 Å². The van der Waals surface area contributed by atoms with Gasteiger partial charge in [0.2, 0.25) is 0 Å². The van der Waals surface area contributed by atoms with Gasteiger partial charge in [-0.1, -0.05) is 0 Å². The maximum absolute atomic E-state index is 13.1. The van der Waals surface area contributed by atoms with Gasteiger partial charge in [-0.3, -0.25) is 0 Å². The first kappa shape index (κ1) is 8.78. The zero-order valence-corrected chi connectivity index (χ0v) is 8.12. The van der Waals surface area contributed by atoms with E-state index in [0.717, 1.165) is 10.3 Å². The van der Waals surface area contributed by atoms with Crippen molar-refractivity contribution in [2.24, 2.45) is 0 Å². The van der Waals surface area contributed by atoms with Crippen LogP contribution in [0.3, 0.4) is 0 Å². The smallest absolute Gasteiger partial charge is 0.141 e. The van der Waals surface area contributed by atoms with Crippen molar-refractivity contribution < 1.29 is 9.50 Å². The maximum atomic E-state index is 13.1. The Balaban J connectivity index is 2.84. The van der Waals surface area contributed by atoms with Crippen molar-refractivity contribution in [1.29, 1.82) is 0 Å². The summed E-state index contributed by atoms with van der Waals surface area (Å²) >= 11 is 6.96. The van der Waals surface area contributed by atoms with E-state index in [9.17, 15) is 9.50 Å². The van der Waals surface area contributed by atoms with E-state index in [-0.39, 0.29) is 17.4 Å². The molecule has 0 saturated carbocycles. The third-order valence-electron chi connectivity index (χ3n) is 1.83. The molecule has 1 heterocycles. The molecular weight excluding hydrogens is 211 g/mol. The highest BCUT2D eigenvalue weighted by molar-refractivity contribution is 7.17. The molecule has 0 fully saturated rings. The van der Waals surface area contributed by atoms with E-state index in [1.807, 2.05) is 0 Å². The Kier molecular flexibility index (Phi) is 2.14. The van der Waals surface area contributed by atoms with Crippen LogP contribution in [0, 0.1) is 5.82 Å². The second-order valence-corrected chi connectivity index (χ2v) is 3.85. The summed E-state index contributed by atoms with van der Waals surface area (Å²) in [7, 11) is 0. The molecule has 1 aromatic heterocycles. The third-order valence-corrected chi connectivity index (χ3v) is 3.16. The number of phenols is 1.